The average molecular weight is 367 g/mol. The zero-order chi connectivity index (χ0) is 14.7. The van der Waals surface area contributed by atoms with Gasteiger partial charge in [0.05, 0.1) is 9.50 Å². The highest BCUT2D eigenvalue weighted by Crippen LogP contribution is 2.35. The van der Waals surface area contributed by atoms with Gasteiger partial charge in [-0.2, -0.15) is 0 Å². The molecule has 3 atom stereocenters. The first kappa shape index (κ1) is 16.0. The van der Waals surface area contributed by atoms with Crippen molar-refractivity contribution in [3.63, 3.8) is 0 Å². The Labute approximate surface area is 131 Å². The minimum Gasteiger partial charge on any atom is -0.486 e. The van der Waals surface area contributed by atoms with E-state index in [1.165, 1.54) is 12.1 Å². The summed E-state index contributed by atoms with van der Waals surface area (Å²) in [6.45, 7) is 3.07. The fraction of sp³-hybridized carbons (Fsp3) is 0.571. The van der Waals surface area contributed by atoms with E-state index in [1.54, 1.807) is 7.11 Å². The summed E-state index contributed by atoms with van der Waals surface area (Å²) in [4.78, 5) is 0. The molecule has 3 nitrogen and oxygen atoms in total. The second kappa shape index (κ2) is 7.07. The van der Waals surface area contributed by atoms with E-state index in [4.69, 9.17) is 21.1 Å². The van der Waals surface area contributed by atoms with Crippen LogP contribution in [0, 0.1) is 5.82 Å². The van der Waals surface area contributed by atoms with Crippen molar-refractivity contribution < 1.29 is 13.9 Å². The molecule has 0 amide bonds. The summed E-state index contributed by atoms with van der Waals surface area (Å²) in [7, 11) is 1.66. The third kappa shape index (κ3) is 3.45. The maximum atomic E-state index is 13.5. The van der Waals surface area contributed by atoms with Gasteiger partial charge in [-0.15, -0.1) is 0 Å². The van der Waals surface area contributed by atoms with E-state index in [1.807, 2.05) is 0 Å². The first-order valence-corrected chi connectivity index (χ1v) is 7.81. The molecule has 1 saturated carbocycles. The number of rotatable bonds is 6. The predicted octanol–water partition coefficient (Wildman–Crippen LogP) is 3.78. The Morgan fingerprint density at radius 3 is 2.90 bits per heavy atom. The van der Waals surface area contributed by atoms with Crippen LogP contribution in [0.25, 0.3) is 0 Å². The summed E-state index contributed by atoms with van der Waals surface area (Å²) >= 11 is 9.04. The maximum absolute atomic E-state index is 13.5. The Bertz CT molecular complexity index is 475. The highest BCUT2D eigenvalue weighted by molar-refractivity contribution is 9.10. The molecule has 1 N–H and O–H groups in total. The predicted molar refractivity (Wildman–Crippen MR) is 81.0 cm³/mol. The van der Waals surface area contributed by atoms with Crippen molar-refractivity contribution in [3.05, 3.63) is 27.4 Å². The van der Waals surface area contributed by atoms with E-state index < -0.39 is 5.82 Å². The normalized spacial score (nSPS) is 25.4. The van der Waals surface area contributed by atoms with Gasteiger partial charge in [0.25, 0.3) is 0 Å². The molecule has 0 spiro atoms. The molecule has 2 rings (SSSR count). The van der Waals surface area contributed by atoms with Gasteiger partial charge in [-0.1, -0.05) is 18.5 Å². The van der Waals surface area contributed by atoms with Gasteiger partial charge in [0.15, 0.2) is 0 Å². The summed E-state index contributed by atoms with van der Waals surface area (Å²) in [6, 6.07) is 3.09. The molecule has 1 aliphatic rings. The molecule has 3 unspecified atom stereocenters. The average Bonchev–Trinajstić information content (AvgIpc) is 2.39. The van der Waals surface area contributed by atoms with Gasteiger partial charge in [-0.3, -0.25) is 0 Å². The number of ether oxygens (including phenoxy) is 2. The highest BCUT2D eigenvalue weighted by Gasteiger charge is 2.43. The summed E-state index contributed by atoms with van der Waals surface area (Å²) in [5.74, 6) is -0.0355. The first-order chi connectivity index (χ1) is 9.56. The number of halogens is 3. The minimum absolute atomic E-state index is 0.0211. The summed E-state index contributed by atoms with van der Waals surface area (Å²) in [6.07, 6.45) is 1.82. The zero-order valence-corrected chi connectivity index (χ0v) is 13.8. The van der Waals surface area contributed by atoms with E-state index in [-0.39, 0.29) is 17.2 Å². The molecule has 0 bridgehead atoms. The van der Waals surface area contributed by atoms with E-state index in [2.05, 4.69) is 28.2 Å². The van der Waals surface area contributed by atoms with Crippen molar-refractivity contribution in [1.82, 2.24) is 5.32 Å². The van der Waals surface area contributed by atoms with Crippen LogP contribution < -0.4 is 10.1 Å². The van der Waals surface area contributed by atoms with Crippen LogP contribution in [-0.4, -0.2) is 31.9 Å². The van der Waals surface area contributed by atoms with Gasteiger partial charge < -0.3 is 14.8 Å². The van der Waals surface area contributed by atoms with Gasteiger partial charge in [-0.25, -0.2) is 4.39 Å². The Balaban J connectivity index is 1.99. The van der Waals surface area contributed by atoms with Crippen LogP contribution in [0.2, 0.25) is 5.02 Å². The summed E-state index contributed by atoms with van der Waals surface area (Å²) in [5, 5.41) is 3.48. The minimum atomic E-state index is -0.487. The fourth-order valence-corrected chi connectivity index (χ4v) is 3.03. The summed E-state index contributed by atoms with van der Waals surface area (Å²) in [5.41, 5.74) is 0. The van der Waals surface area contributed by atoms with Crippen molar-refractivity contribution in [3.8, 4) is 5.75 Å². The molecule has 1 aromatic rings. The monoisotopic (exact) mass is 365 g/mol. The van der Waals surface area contributed by atoms with E-state index >= 15 is 0 Å². The van der Waals surface area contributed by atoms with Crippen molar-refractivity contribution in [1.29, 1.82) is 0 Å². The zero-order valence-electron chi connectivity index (χ0n) is 11.5. The molecular formula is C14H18BrClFNO2. The van der Waals surface area contributed by atoms with Crippen molar-refractivity contribution in [2.75, 3.05) is 13.7 Å². The van der Waals surface area contributed by atoms with Gasteiger partial charge in [0.2, 0.25) is 0 Å². The Kier molecular flexibility index (Phi) is 5.66. The topological polar surface area (TPSA) is 30.5 Å². The van der Waals surface area contributed by atoms with Crippen LogP contribution >= 0.6 is 27.5 Å². The van der Waals surface area contributed by atoms with Crippen LogP contribution in [0.3, 0.4) is 0 Å². The lowest BCUT2D eigenvalue weighted by molar-refractivity contribution is -0.0890. The molecule has 0 saturated heterocycles. The molecule has 6 heteroatoms. The van der Waals surface area contributed by atoms with Crippen molar-refractivity contribution >= 4 is 27.5 Å². The third-order valence-electron chi connectivity index (χ3n) is 3.43. The lowest BCUT2D eigenvalue weighted by atomic mass is 9.85. The van der Waals surface area contributed by atoms with Gasteiger partial charge in [-0.05, 0) is 35.0 Å². The largest absolute Gasteiger partial charge is 0.486 e. The number of benzene rings is 1. The smallest absolute Gasteiger partial charge is 0.145 e. The quantitative estimate of drug-likeness (QED) is 0.777. The fourth-order valence-electron chi connectivity index (χ4n) is 2.30. The van der Waals surface area contributed by atoms with Gasteiger partial charge in [0, 0.05) is 25.6 Å². The lowest BCUT2D eigenvalue weighted by Gasteiger charge is -2.43. The SMILES string of the molecule is CCCNC1CC(Oc2cc(F)c(Cl)cc2Br)C1OC. The van der Waals surface area contributed by atoms with Crippen LogP contribution in [0.15, 0.2) is 16.6 Å². The Morgan fingerprint density at radius 2 is 2.25 bits per heavy atom. The molecule has 1 aliphatic carbocycles. The molecule has 112 valence electrons. The van der Waals surface area contributed by atoms with Crippen molar-refractivity contribution in [2.24, 2.45) is 0 Å². The molecule has 1 fully saturated rings. The first-order valence-electron chi connectivity index (χ1n) is 6.64. The van der Waals surface area contributed by atoms with E-state index in [0.717, 1.165) is 19.4 Å². The second-order valence-electron chi connectivity index (χ2n) is 4.85. The molecule has 20 heavy (non-hydrogen) atoms. The number of methoxy groups -OCH3 is 1. The highest BCUT2D eigenvalue weighted by atomic mass is 79.9. The number of hydrogen-bond acceptors (Lipinski definition) is 3. The van der Waals surface area contributed by atoms with E-state index in [9.17, 15) is 4.39 Å². The summed E-state index contributed by atoms with van der Waals surface area (Å²) < 4.78 is 25.4. The van der Waals surface area contributed by atoms with Crippen LogP contribution in [0.1, 0.15) is 19.8 Å². The molecule has 0 radical (unpaired) electrons. The lowest BCUT2D eigenvalue weighted by Crippen LogP contribution is -2.61. The molecule has 0 aromatic heterocycles. The molecular weight excluding hydrogens is 349 g/mol. The Morgan fingerprint density at radius 1 is 1.50 bits per heavy atom. The second-order valence-corrected chi connectivity index (χ2v) is 6.11. The van der Waals surface area contributed by atoms with E-state index in [0.29, 0.717) is 16.3 Å². The van der Waals surface area contributed by atoms with Crippen LogP contribution in [0.5, 0.6) is 5.75 Å². The third-order valence-corrected chi connectivity index (χ3v) is 4.34. The number of hydrogen-bond donors (Lipinski definition) is 1. The van der Waals surface area contributed by atoms with Gasteiger partial charge in [0.1, 0.15) is 23.8 Å². The number of nitrogens with one attached hydrogen (secondary N) is 1. The molecule has 0 aliphatic heterocycles. The van der Waals surface area contributed by atoms with Crippen LogP contribution in [-0.2, 0) is 4.74 Å². The van der Waals surface area contributed by atoms with Crippen molar-refractivity contribution in [2.45, 2.75) is 38.0 Å². The Hall–Kier alpha value is -0.360. The van der Waals surface area contributed by atoms with Gasteiger partial charge >= 0.3 is 0 Å². The maximum Gasteiger partial charge on any atom is 0.145 e. The van der Waals surface area contributed by atoms with Crippen LogP contribution in [0.4, 0.5) is 4.39 Å². The molecule has 0 heterocycles. The molecule has 1 aromatic carbocycles. The standard InChI is InChI=1S/C14H18BrClFNO2/c1-3-4-18-11-7-13(14(11)19-2)20-12-6-10(17)9(16)5-8(12)15/h5-6,11,13-14,18H,3-4,7H2,1-2H3.